The van der Waals surface area contributed by atoms with Gasteiger partial charge in [0.15, 0.2) is 0 Å². The third-order valence-electron chi connectivity index (χ3n) is 2.62. The van der Waals surface area contributed by atoms with Gasteiger partial charge in [-0.25, -0.2) is 0 Å². The van der Waals surface area contributed by atoms with Gasteiger partial charge >= 0.3 is 0 Å². The van der Waals surface area contributed by atoms with E-state index in [1.807, 2.05) is 0 Å². The van der Waals surface area contributed by atoms with Crippen LogP contribution in [0.5, 0.6) is 0 Å². The molecule has 0 bridgehead atoms. The molecule has 0 aromatic carbocycles. The Balaban J connectivity index is 1.67. The molecule has 1 saturated heterocycles. The van der Waals surface area contributed by atoms with Crippen LogP contribution in [0.4, 0.5) is 0 Å². The van der Waals surface area contributed by atoms with Crippen LogP contribution in [0.3, 0.4) is 0 Å². The summed E-state index contributed by atoms with van der Waals surface area (Å²) in [5, 5.41) is 12.7. The van der Waals surface area contributed by atoms with Gasteiger partial charge in [-0.05, 0) is 18.8 Å². The summed E-state index contributed by atoms with van der Waals surface area (Å²) in [5.41, 5.74) is -0.317. The van der Waals surface area contributed by atoms with Gasteiger partial charge in [0.25, 0.3) is 0 Å². The standard InChI is InChI=1S/C8H15NO/c10-8(5-9-6-8)4-3-7-1-2-7/h7,9-10H,1-6H2. The minimum atomic E-state index is -0.317. The van der Waals surface area contributed by atoms with E-state index in [2.05, 4.69) is 5.32 Å². The van der Waals surface area contributed by atoms with Crippen molar-refractivity contribution in [1.82, 2.24) is 5.32 Å². The third kappa shape index (κ3) is 1.32. The number of nitrogens with one attached hydrogen (secondary N) is 1. The number of β-amino-alcohol motifs (C(OH)–C–C–N with tert-alkyl or cyclic N) is 1. The van der Waals surface area contributed by atoms with Gasteiger partial charge in [-0.1, -0.05) is 12.8 Å². The van der Waals surface area contributed by atoms with E-state index >= 15 is 0 Å². The Kier molecular flexibility index (Phi) is 1.46. The molecule has 2 heteroatoms. The molecule has 0 unspecified atom stereocenters. The minimum Gasteiger partial charge on any atom is -0.387 e. The summed E-state index contributed by atoms with van der Waals surface area (Å²) in [6, 6.07) is 0. The fourth-order valence-corrected chi connectivity index (χ4v) is 1.47. The Morgan fingerprint density at radius 3 is 2.50 bits per heavy atom. The highest BCUT2D eigenvalue weighted by atomic mass is 16.3. The summed E-state index contributed by atoms with van der Waals surface area (Å²) in [6.45, 7) is 1.64. The van der Waals surface area contributed by atoms with Crippen LogP contribution in [0.2, 0.25) is 0 Å². The number of rotatable bonds is 3. The van der Waals surface area contributed by atoms with E-state index in [1.165, 1.54) is 19.3 Å². The lowest BCUT2D eigenvalue weighted by Crippen LogP contribution is -2.59. The zero-order chi connectivity index (χ0) is 7.03. The van der Waals surface area contributed by atoms with Crippen molar-refractivity contribution in [3.05, 3.63) is 0 Å². The fourth-order valence-electron chi connectivity index (χ4n) is 1.47. The number of aliphatic hydroxyl groups is 1. The second-order valence-corrected chi connectivity index (χ2v) is 3.81. The monoisotopic (exact) mass is 141 g/mol. The van der Waals surface area contributed by atoms with Crippen molar-refractivity contribution in [1.29, 1.82) is 0 Å². The highest BCUT2D eigenvalue weighted by molar-refractivity contribution is 4.93. The van der Waals surface area contributed by atoms with E-state index in [0.29, 0.717) is 0 Å². The molecular weight excluding hydrogens is 126 g/mol. The molecule has 1 aliphatic carbocycles. The third-order valence-corrected chi connectivity index (χ3v) is 2.62. The van der Waals surface area contributed by atoms with E-state index < -0.39 is 0 Å². The van der Waals surface area contributed by atoms with Crippen LogP contribution in [-0.4, -0.2) is 23.8 Å². The topological polar surface area (TPSA) is 32.3 Å². The van der Waals surface area contributed by atoms with Gasteiger partial charge < -0.3 is 10.4 Å². The van der Waals surface area contributed by atoms with E-state index in [-0.39, 0.29) is 5.60 Å². The molecule has 2 rings (SSSR count). The minimum absolute atomic E-state index is 0.317. The van der Waals surface area contributed by atoms with Gasteiger partial charge in [0.2, 0.25) is 0 Å². The molecule has 2 nitrogen and oxygen atoms in total. The molecule has 0 aromatic rings. The summed E-state index contributed by atoms with van der Waals surface area (Å²) in [5.74, 6) is 0.963. The molecular formula is C8H15NO. The van der Waals surface area contributed by atoms with Crippen LogP contribution in [-0.2, 0) is 0 Å². The molecule has 1 heterocycles. The molecule has 1 aliphatic heterocycles. The second-order valence-electron chi connectivity index (χ2n) is 3.81. The Labute approximate surface area is 61.6 Å². The first-order chi connectivity index (χ1) is 4.79. The zero-order valence-electron chi connectivity index (χ0n) is 6.27. The summed E-state index contributed by atoms with van der Waals surface area (Å²) >= 11 is 0. The first kappa shape index (κ1) is 6.62. The molecule has 0 amide bonds. The van der Waals surface area contributed by atoms with E-state index in [0.717, 1.165) is 25.4 Å². The normalized spacial score (nSPS) is 29.7. The lowest BCUT2D eigenvalue weighted by molar-refractivity contribution is -0.0197. The van der Waals surface area contributed by atoms with Crippen LogP contribution in [0.15, 0.2) is 0 Å². The molecule has 2 aliphatic rings. The molecule has 10 heavy (non-hydrogen) atoms. The van der Waals surface area contributed by atoms with Gasteiger partial charge in [0.05, 0.1) is 5.60 Å². The van der Waals surface area contributed by atoms with Crippen molar-refractivity contribution >= 4 is 0 Å². The molecule has 1 saturated carbocycles. The van der Waals surface area contributed by atoms with Crippen molar-refractivity contribution < 1.29 is 5.11 Å². The summed E-state index contributed by atoms with van der Waals surface area (Å²) in [7, 11) is 0. The highest BCUT2D eigenvalue weighted by Crippen LogP contribution is 2.35. The summed E-state index contributed by atoms with van der Waals surface area (Å²) < 4.78 is 0. The molecule has 2 fully saturated rings. The molecule has 0 atom stereocenters. The SMILES string of the molecule is OC1(CCC2CC2)CNC1. The lowest BCUT2D eigenvalue weighted by Gasteiger charge is -2.37. The molecule has 0 spiro atoms. The maximum Gasteiger partial charge on any atom is 0.0895 e. The van der Waals surface area contributed by atoms with Crippen LogP contribution in [0.25, 0.3) is 0 Å². The smallest absolute Gasteiger partial charge is 0.0895 e. The van der Waals surface area contributed by atoms with Crippen molar-refractivity contribution in [3.63, 3.8) is 0 Å². The Morgan fingerprint density at radius 1 is 1.40 bits per heavy atom. The fraction of sp³-hybridized carbons (Fsp3) is 1.00. The Morgan fingerprint density at radius 2 is 2.10 bits per heavy atom. The summed E-state index contributed by atoms with van der Waals surface area (Å²) in [4.78, 5) is 0. The Bertz CT molecular complexity index is 127. The first-order valence-corrected chi connectivity index (χ1v) is 4.22. The van der Waals surface area contributed by atoms with Gasteiger partial charge in [0.1, 0.15) is 0 Å². The van der Waals surface area contributed by atoms with Crippen molar-refractivity contribution in [2.45, 2.75) is 31.3 Å². The van der Waals surface area contributed by atoms with E-state index in [4.69, 9.17) is 0 Å². The highest BCUT2D eigenvalue weighted by Gasteiger charge is 2.35. The maximum atomic E-state index is 9.62. The summed E-state index contributed by atoms with van der Waals surface area (Å²) in [6.07, 6.45) is 5.08. The van der Waals surface area contributed by atoms with Gasteiger partial charge in [0, 0.05) is 13.1 Å². The van der Waals surface area contributed by atoms with Crippen LogP contribution >= 0.6 is 0 Å². The molecule has 0 radical (unpaired) electrons. The predicted octanol–water partition coefficient (Wildman–Crippen LogP) is 0.511. The average Bonchev–Trinajstić information content (AvgIpc) is 2.61. The van der Waals surface area contributed by atoms with E-state index in [9.17, 15) is 5.11 Å². The van der Waals surface area contributed by atoms with Crippen LogP contribution in [0.1, 0.15) is 25.7 Å². The van der Waals surface area contributed by atoms with Crippen molar-refractivity contribution in [2.24, 2.45) is 5.92 Å². The number of hydrogen-bond donors (Lipinski definition) is 2. The predicted molar refractivity (Wildman–Crippen MR) is 39.8 cm³/mol. The average molecular weight is 141 g/mol. The van der Waals surface area contributed by atoms with Crippen molar-refractivity contribution in [3.8, 4) is 0 Å². The number of hydrogen-bond acceptors (Lipinski definition) is 2. The first-order valence-electron chi connectivity index (χ1n) is 4.22. The van der Waals surface area contributed by atoms with Gasteiger partial charge in [-0.3, -0.25) is 0 Å². The second kappa shape index (κ2) is 2.21. The molecule has 0 aromatic heterocycles. The van der Waals surface area contributed by atoms with Crippen molar-refractivity contribution in [2.75, 3.05) is 13.1 Å². The Hall–Kier alpha value is -0.0800. The van der Waals surface area contributed by atoms with Crippen LogP contribution < -0.4 is 5.32 Å². The van der Waals surface area contributed by atoms with Gasteiger partial charge in [-0.2, -0.15) is 0 Å². The quantitative estimate of drug-likeness (QED) is 0.600. The van der Waals surface area contributed by atoms with Crippen LogP contribution in [0, 0.1) is 5.92 Å². The molecule has 58 valence electrons. The lowest BCUT2D eigenvalue weighted by atomic mass is 9.90. The van der Waals surface area contributed by atoms with E-state index in [1.54, 1.807) is 0 Å². The molecule has 2 N–H and O–H groups in total. The largest absolute Gasteiger partial charge is 0.387 e. The van der Waals surface area contributed by atoms with Gasteiger partial charge in [-0.15, -0.1) is 0 Å². The maximum absolute atomic E-state index is 9.62. The zero-order valence-corrected chi connectivity index (χ0v) is 6.27.